The molecular formula is C18H18N4O2. The van der Waals surface area contributed by atoms with E-state index in [1.54, 1.807) is 42.5 Å². The number of benzene rings is 2. The molecule has 6 heteroatoms. The van der Waals surface area contributed by atoms with Crippen LogP contribution in [0, 0.1) is 11.3 Å². The van der Waals surface area contributed by atoms with Gasteiger partial charge in [0.25, 0.3) is 5.91 Å². The molecule has 0 fully saturated rings. The number of nitriles is 1. The first-order valence-electron chi connectivity index (χ1n) is 7.36. The number of nitrogens with zero attached hydrogens (tertiary/aromatic N) is 2. The van der Waals surface area contributed by atoms with Crippen LogP contribution in [0.2, 0.25) is 0 Å². The van der Waals surface area contributed by atoms with Gasteiger partial charge in [-0.15, -0.1) is 0 Å². The average Bonchev–Trinajstić information content (AvgIpc) is 2.57. The quantitative estimate of drug-likeness (QED) is 0.886. The molecule has 0 saturated heterocycles. The lowest BCUT2D eigenvalue weighted by Gasteiger charge is -2.14. The second-order valence-electron chi connectivity index (χ2n) is 5.32. The van der Waals surface area contributed by atoms with Crippen LogP contribution >= 0.6 is 0 Å². The maximum Gasteiger partial charge on any atom is 0.255 e. The zero-order valence-corrected chi connectivity index (χ0v) is 13.5. The van der Waals surface area contributed by atoms with Crippen molar-refractivity contribution in [1.29, 1.82) is 5.26 Å². The van der Waals surface area contributed by atoms with E-state index in [0.717, 1.165) is 5.69 Å². The number of anilines is 3. The summed E-state index contributed by atoms with van der Waals surface area (Å²) in [5.41, 5.74) is 2.44. The minimum Gasteiger partial charge on any atom is -0.378 e. The first-order valence-corrected chi connectivity index (χ1v) is 7.36. The number of para-hydroxylation sites is 2. The lowest BCUT2D eigenvalue weighted by molar-refractivity contribution is -0.115. The summed E-state index contributed by atoms with van der Waals surface area (Å²) >= 11 is 0. The van der Waals surface area contributed by atoms with Gasteiger partial charge in [0.2, 0.25) is 5.91 Å². The van der Waals surface area contributed by atoms with E-state index in [2.05, 4.69) is 10.6 Å². The van der Waals surface area contributed by atoms with Crippen molar-refractivity contribution in [1.82, 2.24) is 0 Å². The number of rotatable bonds is 5. The summed E-state index contributed by atoms with van der Waals surface area (Å²) in [6.07, 6.45) is -0.242. The zero-order valence-electron chi connectivity index (χ0n) is 13.5. The number of hydrogen-bond donors (Lipinski definition) is 2. The summed E-state index contributed by atoms with van der Waals surface area (Å²) in [5.74, 6) is -0.697. The SMILES string of the molecule is CN(C)c1ccc(C(=O)Nc2ccccc2NC(=O)CC#N)cc1. The van der Waals surface area contributed by atoms with Crippen molar-refractivity contribution < 1.29 is 9.59 Å². The molecule has 0 aromatic heterocycles. The molecule has 0 spiro atoms. The Bertz CT molecular complexity index is 776. The van der Waals surface area contributed by atoms with E-state index in [0.29, 0.717) is 16.9 Å². The standard InChI is InChI=1S/C18H18N4O2/c1-22(2)14-9-7-13(8-10-14)18(24)21-16-6-4-3-5-15(16)20-17(23)11-12-19/h3-10H,11H2,1-2H3,(H,20,23)(H,21,24). The molecule has 0 saturated carbocycles. The van der Waals surface area contributed by atoms with E-state index in [-0.39, 0.29) is 12.3 Å². The lowest BCUT2D eigenvalue weighted by atomic mass is 10.1. The smallest absolute Gasteiger partial charge is 0.255 e. The van der Waals surface area contributed by atoms with Gasteiger partial charge in [0.1, 0.15) is 6.42 Å². The van der Waals surface area contributed by atoms with Gasteiger partial charge in [0.05, 0.1) is 17.4 Å². The van der Waals surface area contributed by atoms with Gasteiger partial charge in [-0.1, -0.05) is 12.1 Å². The number of nitrogens with one attached hydrogen (secondary N) is 2. The molecule has 2 aromatic rings. The summed E-state index contributed by atoms with van der Waals surface area (Å²) in [6, 6.07) is 15.8. The molecule has 0 heterocycles. The fourth-order valence-corrected chi connectivity index (χ4v) is 2.07. The molecule has 0 radical (unpaired) electrons. The van der Waals surface area contributed by atoms with Crippen LogP contribution in [0.25, 0.3) is 0 Å². The van der Waals surface area contributed by atoms with Gasteiger partial charge in [-0.2, -0.15) is 5.26 Å². The third-order valence-electron chi connectivity index (χ3n) is 3.33. The van der Waals surface area contributed by atoms with Crippen molar-refractivity contribution in [2.24, 2.45) is 0 Å². The third-order valence-corrected chi connectivity index (χ3v) is 3.33. The Labute approximate surface area is 140 Å². The first-order chi connectivity index (χ1) is 11.5. The summed E-state index contributed by atoms with van der Waals surface area (Å²) < 4.78 is 0. The molecular weight excluding hydrogens is 304 g/mol. The first kappa shape index (κ1) is 17.0. The molecule has 0 unspecified atom stereocenters. The largest absolute Gasteiger partial charge is 0.378 e. The Hall–Kier alpha value is -3.33. The van der Waals surface area contributed by atoms with E-state index < -0.39 is 5.91 Å². The topological polar surface area (TPSA) is 85.2 Å². The van der Waals surface area contributed by atoms with Gasteiger partial charge in [0, 0.05) is 25.3 Å². The Morgan fingerprint density at radius 3 is 2.12 bits per heavy atom. The molecule has 2 amide bonds. The summed E-state index contributed by atoms with van der Waals surface area (Å²) in [6.45, 7) is 0. The van der Waals surface area contributed by atoms with E-state index in [1.807, 2.05) is 31.1 Å². The van der Waals surface area contributed by atoms with Crippen molar-refractivity contribution in [2.45, 2.75) is 6.42 Å². The summed E-state index contributed by atoms with van der Waals surface area (Å²) in [5, 5.41) is 13.9. The molecule has 0 atom stereocenters. The van der Waals surface area contributed by atoms with E-state index >= 15 is 0 Å². The Kier molecular flexibility index (Phi) is 5.53. The Morgan fingerprint density at radius 2 is 1.58 bits per heavy atom. The van der Waals surface area contributed by atoms with Crippen molar-refractivity contribution in [3.63, 3.8) is 0 Å². The number of carbonyl (C=O) groups is 2. The molecule has 2 N–H and O–H groups in total. The van der Waals surface area contributed by atoms with Crippen molar-refractivity contribution >= 4 is 28.9 Å². The van der Waals surface area contributed by atoms with E-state index in [9.17, 15) is 9.59 Å². The molecule has 24 heavy (non-hydrogen) atoms. The Morgan fingerprint density at radius 1 is 1.00 bits per heavy atom. The molecule has 0 bridgehead atoms. The predicted molar refractivity (Wildman–Crippen MR) is 94.0 cm³/mol. The minimum atomic E-state index is -0.422. The third kappa shape index (κ3) is 4.34. The van der Waals surface area contributed by atoms with Crippen LogP contribution in [-0.4, -0.2) is 25.9 Å². The maximum absolute atomic E-state index is 12.4. The molecule has 2 rings (SSSR count). The van der Waals surface area contributed by atoms with Gasteiger partial charge < -0.3 is 15.5 Å². The maximum atomic E-state index is 12.4. The predicted octanol–water partition coefficient (Wildman–Crippen LogP) is 2.86. The van der Waals surface area contributed by atoms with Crippen molar-refractivity contribution in [2.75, 3.05) is 29.6 Å². The fraction of sp³-hybridized carbons (Fsp3) is 0.167. The van der Waals surface area contributed by atoms with Crippen LogP contribution in [0.15, 0.2) is 48.5 Å². The second kappa shape index (κ2) is 7.79. The second-order valence-corrected chi connectivity index (χ2v) is 5.32. The van der Waals surface area contributed by atoms with Crippen molar-refractivity contribution in [3.8, 4) is 6.07 Å². The van der Waals surface area contributed by atoms with E-state index in [4.69, 9.17) is 5.26 Å². The van der Waals surface area contributed by atoms with Crippen LogP contribution in [-0.2, 0) is 4.79 Å². The molecule has 0 aliphatic heterocycles. The Balaban J connectivity index is 2.14. The summed E-state index contributed by atoms with van der Waals surface area (Å²) in [7, 11) is 3.85. The highest BCUT2D eigenvalue weighted by molar-refractivity contribution is 6.07. The van der Waals surface area contributed by atoms with Crippen LogP contribution < -0.4 is 15.5 Å². The monoisotopic (exact) mass is 322 g/mol. The molecule has 122 valence electrons. The molecule has 6 nitrogen and oxygen atoms in total. The highest BCUT2D eigenvalue weighted by Gasteiger charge is 2.11. The molecule has 0 aliphatic rings. The zero-order chi connectivity index (χ0) is 17.5. The average molecular weight is 322 g/mol. The normalized spacial score (nSPS) is 9.71. The van der Waals surface area contributed by atoms with Crippen LogP contribution in [0.3, 0.4) is 0 Å². The van der Waals surface area contributed by atoms with Crippen LogP contribution in [0.5, 0.6) is 0 Å². The van der Waals surface area contributed by atoms with E-state index in [1.165, 1.54) is 0 Å². The van der Waals surface area contributed by atoms with Gasteiger partial charge in [0.15, 0.2) is 0 Å². The number of amides is 2. The number of hydrogen-bond acceptors (Lipinski definition) is 4. The van der Waals surface area contributed by atoms with Gasteiger partial charge >= 0.3 is 0 Å². The van der Waals surface area contributed by atoms with Crippen molar-refractivity contribution in [3.05, 3.63) is 54.1 Å². The van der Waals surface area contributed by atoms with Crippen LogP contribution in [0.4, 0.5) is 17.1 Å². The molecule has 2 aromatic carbocycles. The number of carbonyl (C=O) groups excluding carboxylic acids is 2. The van der Waals surface area contributed by atoms with Gasteiger partial charge in [-0.05, 0) is 36.4 Å². The molecule has 0 aliphatic carbocycles. The lowest BCUT2D eigenvalue weighted by Crippen LogP contribution is -2.16. The minimum absolute atomic E-state index is 0.242. The highest BCUT2D eigenvalue weighted by atomic mass is 16.2. The van der Waals surface area contributed by atoms with Gasteiger partial charge in [-0.25, -0.2) is 0 Å². The summed E-state index contributed by atoms with van der Waals surface area (Å²) in [4.78, 5) is 25.9. The van der Waals surface area contributed by atoms with Crippen LogP contribution in [0.1, 0.15) is 16.8 Å². The fourth-order valence-electron chi connectivity index (χ4n) is 2.07. The highest BCUT2D eigenvalue weighted by Crippen LogP contribution is 2.22. The van der Waals surface area contributed by atoms with Gasteiger partial charge in [-0.3, -0.25) is 9.59 Å².